The van der Waals surface area contributed by atoms with Gasteiger partial charge in [-0.05, 0) is 31.9 Å². The minimum Gasteiger partial charge on any atom is -0.316 e. The van der Waals surface area contributed by atoms with Crippen molar-refractivity contribution in [3.63, 3.8) is 0 Å². The molecule has 0 saturated heterocycles. The van der Waals surface area contributed by atoms with Crippen molar-refractivity contribution in [1.82, 2.24) is 5.32 Å². The molecule has 1 nitrogen and oxygen atoms in total. The van der Waals surface area contributed by atoms with Gasteiger partial charge in [0, 0.05) is 17.9 Å². The summed E-state index contributed by atoms with van der Waals surface area (Å²) in [7, 11) is 1.79. The van der Waals surface area contributed by atoms with Crippen LogP contribution in [0.3, 0.4) is 0 Å². The summed E-state index contributed by atoms with van der Waals surface area (Å²) in [4.78, 5) is 0. The lowest BCUT2D eigenvalue weighted by atomic mass is 9.64. The summed E-state index contributed by atoms with van der Waals surface area (Å²) < 4.78 is 37.9. The first-order valence-corrected chi connectivity index (χ1v) is 7.77. The summed E-state index contributed by atoms with van der Waals surface area (Å²) >= 11 is 0. The summed E-state index contributed by atoms with van der Waals surface area (Å²) in [6.07, 6.45) is 0.673. The SMILES string of the molecule is CNC(CCC(F)(F)F)C1(c2ccccc2)CCCCC1. The molecule has 118 valence electrons. The number of rotatable bonds is 5. The van der Waals surface area contributed by atoms with Crippen LogP contribution in [-0.4, -0.2) is 19.3 Å². The number of hydrogen-bond donors (Lipinski definition) is 1. The Morgan fingerprint density at radius 1 is 1.10 bits per heavy atom. The maximum Gasteiger partial charge on any atom is 0.389 e. The molecule has 0 aromatic heterocycles. The lowest BCUT2D eigenvalue weighted by molar-refractivity contribution is -0.137. The van der Waals surface area contributed by atoms with Crippen molar-refractivity contribution in [1.29, 1.82) is 0 Å². The molecule has 1 N–H and O–H groups in total. The number of alkyl halides is 3. The Balaban J connectivity index is 2.25. The zero-order valence-corrected chi connectivity index (χ0v) is 12.5. The number of nitrogens with one attached hydrogen (secondary N) is 1. The molecule has 1 atom stereocenters. The number of hydrogen-bond acceptors (Lipinski definition) is 1. The van der Waals surface area contributed by atoms with Crippen LogP contribution < -0.4 is 5.32 Å². The molecule has 21 heavy (non-hydrogen) atoms. The molecule has 1 aromatic rings. The fraction of sp³-hybridized carbons (Fsp3) is 0.647. The molecule has 0 bridgehead atoms. The molecule has 1 aliphatic carbocycles. The first-order valence-electron chi connectivity index (χ1n) is 7.77. The van der Waals surface area contributed by atoms with Gasteiger partial charge in [-0.25, -0.2) is 0 Å². The Morgan fingerprint density at radius 2 is 1.71 bits per heavy atom. The average molecular weight is 299 g/mol. The Kier molecular flexibility index (Phi) is 5.31. The molecule has 1 fully saturated rings. The van der Waals surface area contributed by atoms with E-state index in [1.165, 1.54) is 12.0 Å². The van der Waals surface area contributed by atoms with Crippen molar-refractivity contribution in [2.24, 2.45) is 0 Å². The van der Waals surface area contributed by atoms with E-state index in [1.807, 2.05) is 18.2 Å². The van der Waals surface area contributed by atoms with Crippen molar-refractivity contribution in [3.8, 4) is 0 Å². The Bertz CT molecular complexity index is 421. The van der Waals surface area contributed by atoms with Gasteiger partial charge >= 0.3 is 6.18 Å². The van der Waals surface area contributed by atoms with Crippen molar-refractivity contribution in [3.05, 3.63) is 35.9 Å². The standard InChI is InChI=1S/C17H24F3N/c1-21-15(10-13-17(18,19)20)16(11-6-3-7-12-16)14-8-4-2-5-9-14/h2,4-5,8-9,15,21H,3,6-7,10-13H2,1H3. The zero-order chi connectivity index (χ0) is 15.3. The van der Waals surface area contributed by atoms with Gasteiger partial charge in [0.05, 0.1) is 0 Å². The molecular formula is C17H24F3N. The van der Waals surface area contributed by atoms with Crippen LogP contribution in [0, 0.1) is 0 Å². The van der Waals surface area contributed by atoms with E-state index in [0.29, 0.717) is 0 Å². The van der Waals surface area contributed by atoms with E-state index in [-0.39, 0.29) is 17.9 Å². The highest BCUT2D eigenvalue weighted by Gasteiger charge is 2.42. The number of halogens is 3. The molecule has 0 spiro atoms. The van der Waals surface area contributed by atoms with E-state index >= 15 is 0 Å². The van der Waals surface area contributed by atoms with Gasteiger partial charge < -0.3 is 5.32 Å². The summed E-state index contributed by atoms with van der Waals surface area (Å²) in [5.74, 6) is 0. The summed E-state index contributed by atoms with van der Waals surface area (Å²) in [5, 5.41) is 3.18. The van der Waals surface area contributed by atoms with Gasteiger partial charge in [0.2, 0.25) is 0 Å². The van der Waals surface area contributed by atoms with Gasteiger partial charge in [-0.1, -0.05) is 49.6 Å². The number of benzene rings is 1. The van der Waals surface area contributed by atoms with Crippen molar-refractivity contribution in [2.45, 2.75) is 62.6 Å². The predicted octanol–water partition coefficient (Wildman–Crippen LogP) is 4.82. The monoisotopic (exact) mass is 299 g/mol. The first kappa shape index (κ1) is 16.3. The van der Waals surface area contributed by atoms with Crippen LogP contribution >= 0.6 is 0 Å². The molecule has 0 amide bonds. The van der Waals surface area contributed by atoms with E-state index in [2.05, 4.69) is 17.4 Å². The second kappa shape index (κ2) is 6.82. The van der Waals surface area contributed by atoms with Gasteiger partial charge in [0.25, 0.3) is 0 Å². The van der Waals surface area contributed by atoms with Gasteiger partial charge in [0.1, 0.15) is 0 Å². The van der Waals surface area contributed by atoms with Crippen molar-refractivity contribution >= 4 is 0 Å². The van der Waals surface area contributed by atoms with Crippen LogP contribution in [0.2, 0.25) is 0 Å². The maximum absolute atomic E-state index is 12.6. The Labute approximate surface area is 124 Å². The lowest BCUT2D eigenvalue weighted by Crippen LogP contribution is -2.49. The predicted molar refractivity (Wildman–Crippen MR) is 79.3 cm³/mol. The van der Waals surface area contributed by atoms with Gasteiger partial charge in [0.15, 0.2) is 0 Å². The lowest BCUT2D eigenvalue weighted by Gasteiger charge is -2.44. The van der Waals surface area contributed by atoms with Crippen LogP contribution in [-0.2, 0) is 5.41 Å². The number of likely N-dealkylation sites (N-methyl/N-ethyl adjacent to an activating group) is 1. The van der Waals surface area contributed by atoms with E-state index < -0.39 is 12.6 Å². The minimum atomic E-state index is -4.08. The normalized spacial score (nSPS) is 20.2. The van der Waals surface area contributed by atoms with Crippen LogP contribution in [0.15, 0.2) is 30.3 Å². The van der Waals surface area contributed by atoms with Crippen LogP contribution in [0.1, 0.15) is 50.5 Å². The third-order valence-electron chi connectivity index (χ3n) is 4.83. The molecule has 2 rings (SSSR count). The van der Waals surface area contributed by atoms with Crippen molar-refractivity contribution < 1.29 is 13.2 Å². The fourth-order valence-corrected chi connectivity index (χ4v) is 3.80. The molecule has 0 aliphatic heterocycles. The maximum atomic E-state index is 12.6. The smallest absolute Gasteiger partial charge is 0.316 e. The quantitative estimate of drug-likeness (QED) is 0.822. The summed E-state index contributed by atoms with van der Waals surface area (Å²) in [6.45, 7) is 0. The molecular weight excluding hydrogens is 275 g/mol. The highest BCUT2D eigenvalue weighted by molar-refractivity contribution is 5.28. The molecule has 1 unspecified atom stereocenters. The van der Waals surface area contributed by atoms with Crippen LogP contribution in [0.25, 0.3) is 0 Å². The molecule has 1 saturated carbocycles. The van der Waals surface area contributed by atoms with E-state index in [1.54, 1.807) is 7.05 Å². The third-order valence-corrected chi connectivity index (χ3v) is 4.83. The second-order valence-corrected chi connectivity index (χ2v) is 6.08. The van der Waals surface area contributed by atoms with E-state index in [0.717, 1.165) is 25.7 Å². The summed E-state index contributed by atoms with van der Waals surface area (Å²) in [6, 6.07) is 9.96. The zero-order valence-electron chi connectivity index (χ0n) is 12.5. The average Bonchev–Trinajstić information content (AvgIpc) is 2.48. The fourth-order valence-electron chi connectivity index (χ4n) is 3.80. The highest BCUT2D eigenvalue weighted by atomic mass is 19.4. The molecule has 4 heteroatoms. The Morgan fingerprint density at radius 3 is 2.24 bits per heavy atom. The minimum absolute atomic E-state index is 0.123. The van der Waals surface area contributed by atoms with E-state index in [4.69, 9.17) is 0 Å². The largest absolute Gasteiger partial charge is 0.389 e. The molecule has 0 radical (unpaired) electrons. The first-order chi connectivity index (χ1) is 9.98. The van der Waals surface area contributed by atoms with E-state index in [9.17, 15) is 13.2 Å². The Hall–Kier alpha value is -1.03. The van der Waals surface area contributed by atoms with Crippen molar-refractivity contribution in [2.75, 3.05) is 7.05 Å². The highest BCUT2D eigenvalue weighted by Crippen LogP contribution is 2.44. The second-order valence-electron chi connectivity index (χ2n) is 6.08. The molecule has 1 aliphatic rings. The van der Waals surface area contributed by atoms with Gasteiger partial charge in [-0.2, -0.15) is 13.2 Å². The third kappa shape index (κ3) is 4.00. The molecule has 1 aromatic carbocycles. The van der Waals surface area contributed by atoms with Crippen LogP contribution in [0.4, 0.5) is 13.2 Å². The van der Waals surface area contributed by atoms with Crippen LogP contribution in [0.5, 0.6) is 0 Å². The van der Waals surface area contributed by atoms with Gasteiger partial charge in [-0.15, -0.1) is 0 Å². The summed E-state index contributed by atoms with van der Waals surface area (Å²) in [5.41, 5.74) is 1.03. The van der Waals surface area contributed by atoms with Gasteiger partial charge in [-0.3, -0.25) is 0 Å². The topological polar surface area (TPSA) is 12.0 Å². The molecule has 0 heterocycles.